The van der Waals surface area contributed by atoms with Crippen LogP contribution in [0.2, 0.25) is 0 Å². The largest absolute Gasteiger partial charge is 0.294 e. The first-order valence-corrected chi connectivity index (χ1v) is 11.9. The molecule has 1 unspecified atom stereocenters. The third-order valence-corrected chi connectivity index (χ3v) is 6.66. The van der Waals surface area contributed by atoms with Crippen LogP contribution in [0.25, 0.3) is 0 Å². The molecule has 0 fully saturated rings. The van der Waals surface area contributed by atoms with E-state index in [-0.39, 0.29) is 17.6 Å². The van der Waals surface area contributed by atoms with Gasteiger partial charge in [-0.05, 0) is 55.0 Å². The number of imide groups is 1. The van der Waals surface area contributed by atoms with E-state index in [4.69, 9.17) is 0 Å². The van der Waals surface area contributed by atoms with E-state index in [1.807, 2.05) is 68.4 Å². The van der Waals surface area contributed by atoms with Gasteiger partial charge in [0, 0.05) is 23.7 Å². The molecule has 1 atom stereocenters. The first-order valence-electron chi connectivity index (χ1n) is 11.9. The summed E-state index contributed by atoms with van der Waals surface area (Å²) in [7, 11) is 0. The Labute approximate surface area is 209 Å². The van der Waals surface area contributed by atoms with Crippen molar-refractivity contribution in [2.24, 2.45) is 0 Å². The molecule has 0 bridgehead atoms. The molecule has 1 aliphatic rings. The standard InChI is InChI=1S/C30H25N3O3/c1-19-10-6-8-14-23(19)28(35)33(29(36)24-15-9-7-11-20(24)2)30-31-18-25-26(32-30)16-22(17-27(25)34)21-12-4-3-5-13-21/h3-15,18,22H,16-17H2,1-2H3. The molecule has 36 heavy (non-hydrogen) atoms. The number of anilines is 1. The van der Waals surface area contributed by atoms with Crippen molar-refractivity contribution in [3.05, 3.63) is 124 Å². The highest BCUT2D eigenvalue weighted by molar-refractivity contribution is 6.25. The fourth-order valence-corrected chi connectivity index (χ4v) is 4.64. The first kappa shape index (κ1) is 23.3. The monoisotopic (exact) mass is 475 g/mol. The quantitative estimate of drug-likeness (QED) is 0.365. The van der Waals surface area contributed by atoms with E-state index in [0.29, 0.717) is 35.2 Å². The zero-order valence-electron chi connectivity index (χ0n) is 20.1. The predicted octanol–water partition coefficient (Wildman–Crippen LogP) is 5.49. The second-order valence-corrected chi connectivity index (χ2v) is 9.04. The van der Waals surface area contributed by atoms with Gasteiger partial charge in [-0.15, -0.1) is 0 Å². The summed E-state index contributed by atoms with van der Waals surface area (Å²) in [4.78, 5) is 50.5. The molecule has 1 heterocycles. The molecule has 0 spiro atoms. The van der Waals surface area contributed by atoms with Crippen LogP contribution in [0.4, 0.5) is 5.95 Å². The Balaban J connectivity index is 1.60. The van der Waals surface area contributed by atoms with Gasteiger partial charge in [-0.25, -0.2) is 14.9 Å². The number of Topliss-reactive ketones (excluding diaryl/α,β-unsaturated/α-hetero) is 1. The summed E-state index contributed by atoms with van der Waals surface area (Å²) < 4.78 is 0. The summed E-state index contributed by atoms with van der Waals surface area (Å²) in [6.45, 7) is 3.64. The molecule has 0 radical (unpaired) electrons. The average Bonchev–Trinajstić information content (AvgIpc) is 2.89. The second-order valence-electron chi connectivity index (χ2n) is 9.04. The average molecular weight is 476 g/mol. The maximum Gasteiger partial charge on any atom is 0.268 e. The number of amides is 2. The molecular formula is C30H25N3O3. The Hall–Kier alpha value is -4.45. The van der Waals surface area contributed by atoms with Gasteiger partial charge in [0.1, 0.15) is 0 Å². The van der Waals surface area contributed by atoms with Crippen LogP contribution >= 0.6 is 0 Å². The van der Waals surface area contributed by atoms with E-state index < -0.39 is 11.8 Å². The summed E-state index contributed by atoms with van der Waals surface area (Å²) in [5, 5.41) is 0. The number of benzene rings is 3. The topological polar surface area (TPSA) is 80.2 Å². The van der Waals surface area contributed by atoms with Crippen LogP contribution in [0, 0.1) is 13.8 Å². The van der Waals surface area contributed by atoms with Crippen LogP contribution in [0.1, 0.15) is 65.8 Å². The van der Waals surface area contributed by atoms with Crippen molar-refractivity contribution < 1.29 is 14.4 Å². The molecule has 6 nitrogen and oxygen atoms in total. The maximum atomic E-state index is 13.8. The maximum absolute atomic E-state index is 13.8. The van der Waals surface area contributed by atoms with E-state index >= 15 is 0 Å². The van der Waals surface area contributed by atoms with Crippen molar-refractivity contribution in [3.63, 3.8) is 0 Å². The fourth-order valence-electron chi connectivity index (χ4n) is 4.64. The van der Waals surface area contributed by atoms with Crippen LogP contribution in [-0.2, 0) is 6.42 Å². The van der Waals surface area contributed by atoms with E-state index in [1.54, 1.807) is 24.3 Å². The lowest BCUT2D eigenvalue weighted by Gasteiger charge is -2.25. The Bertz CT molecular complexity index is 1420. The van der Waals surface area contributed by atoms with Gasteiger partial charge in [0.15, 0.2) is 5.78 Å². The molecule has 0 N–H and O–H groups in total. The van der Waals surface area contributed by atoms with Crippen molar-refractivity contribution in [3.8, 4) is 0 Å². The molecule has 0 aliphatic heterocycles. The zero-order chi connectivity index (χ0) is 25.2. The van der Waals surface area contributed by atoms with Crippen molar-refractivity contribution in [1.82, 2.24) is 9.97 Å². The van der Waals surface area contributed by atoms with Crippen molar-refractivity contribution >= 4 is 23.5 Å². The molecule has 5 rings (SSSR count). The van der Waals surface area contributed by atoms with Gasteiger partial charge in [-0.2, -0.15) is 0 Å². The Morgan fingerprint density at radius 3 is 1.92 bits per heavy atom. The number of aromatic nitrogens is 2. The highest BCUT2D eigenvalue weighted by Gasteiger charge is 2.33. The SMILES string of the molecule is Cc1ccccc1C(=O)N(C(=O)c1ccccc1C)c1ncc2c(n1)CC(c1ccccc1)CC2=O. The number of carbonyl (C=O) groups excluding carboxylic acids is 3. The molecule has 1 aliphatic carbocycles. The lowest BCUT2D eigenvalue weighted by atomic mass is 9.82. The first-order chi connectivity index (χ1) is 17.4. The summed E-state index contributed by atoms with van der Waals surface area (Å²) >= 11 is 0. The summed E-state index contributed by atoms with van der Waals surface area (Å²) in [6.07, 6.45) is 2.34. The van der Waals surface area contributed by atoms with Gasteiger partial charge in [0.25, 0.3) is 11.8 Å². The molecular weight excluding hydrogens is 450 g/mol. The van der Waals surface area contributed by atoms with Gasteiger partial charge in [0.2, 0.25) is 5.95 Å². The third-order valence-electron chi connectivity index (χ3n) is 6.66. The number of rotatable bonds is 4. The van der Waals surface area contributed by atoms with Gasteiger partial charge in [-0.3, -0.25) is 14.4 Å². The highest BCUT2D eigenvalue weighted by atomic mass is 16.2. The summed E-state index contributed by atoms with van der Waals surface area (Å²) in [5.74, 6) is -1.12. The van der Waals surface area contributed by atoms with Crippen LogP contribution < -0.4 is 4.90 Å². The molecule has 4 aromatic rings. The third kappa shape index (κ3) is 4.33. The molecule has 1 aromatic heterocycles. The Kier molecular flexibility index (Phi) is 6.25. The number of carbonyl (C=O) groups is 3. The van der Waals surface area contributed by atoms with Crippen LogP contribution in [0.3, 0.4) is 0 Å². The minimum Gasteiger partial charge on any atom is -0.294 e. The van der Waals surface area contributed by atoms with E-state index in [9.17, 15) is 14.4 Å². The smallest absolute Gasteiger partial charge is 0.268 e. The number of hydrogen-bond donors (Lipinski definition) is 0. The minimum absolute atomic E-state index is 0.0264. The highest BCUT2D eigenvalue weighted by Crippen LogP contribution is 2.32. The van der Waals surface area contributed by atoms with Gasteiger partial charge >= 0.3 is 0 Å². The van der Waals surface area contributed by atoms with Crippen LogP contribution in [-0.4, -0.2) is 27.6 Å². The lowest BCUT2D eigenvalue weighted by molar-refractivity contribution is 0.0894. The molecule has 178 valence electrons. The normalized spacial score (nSPS) is 14.7. The number of nitrogens with zero attached hydrogens (tertiary/aromatic N) is 3. The van der Waals surface area contributed by atoms with Crippen molar-refractivity contribution in [2.45, 2.75) is 32.6 Å². The second kappa shape index (κ2) is 9.66. The van der Waals surface area contributed by atoms with Crippen molar-refractivity contribution in [1.29, 1.82) is 0 Å². The molecule has 0 saturated carbocycles. The number of hydrogen-bond acceptors (Lipinski definition) is 5. The minimum atomic E-state index is -0.511. The van der Waals surface area contributed by atoms with E-state index in [1.165, 1.54) is 6.20 Å². The van der Waals surface area contributed by atoms with Gasteiger partial charge in [-0.1, -0.05) is 66.7 Å². The van der Waals surface area contributed by atoms with Crippen molar-refractivity contribution in [2.75, 3.05) is 4.90 Å². The molecule has 2 amide bonds. The summed E-state index contributed by atoms with van der Waals surface area (Å²) in [6, 6.07) is 24.0. The lowest BCUT2D eigenvalue weighted by Crippen LogP contribution is -2.39. The van der Waals surface area contributed by atoms with E-state index in [2.05, 4.69) is 9.97 Å². The molecule has 3 aromatic carbocycles. The number of aryl methyl sites for hydroxylation is 2. The molecule has 6 heteroatoms. The number of fused-ring (bicyclic) bond motifs is 1. The van der Waals surface area contributed by atoms with Gasteiger partial charge in [0.05, 0.1) is 11.3 Å². The predicted molar refractivity (Wildman–Crippen MR) is 137 cm³/mol. The Morgan fingerprint density at radius 2 is 1.33 bits per heavy atom. The van der Waals surface area contributed by atoms with Crippen LogP contribution in [0.5, 0.6) is 0 Å². The Morgan fingerprint density at radius 1 is 0.778 bits per heavy atom. The summed E-state index contributed by atoms with van der Waals surface area (Å²) in [5.41, 5.74) is 4.30. The van der Waals surface area contributed by atoms with E-state index in [0.717, 1.165) is 21.6 Å². The number of ketones is 1. The molecule has 0 saturated heterocycles. The van der Waals surface area contributed by atoms with Crippen LogP contribution in [0.15, 0.2) is 85.1 Å². The van der Waals surface area contributed by atoms with Gasteiger partial charge < -0.3 is 0 Å². The zero-order valence-corrected chi connectivity index (χ0v) is 20.1. The fraction of sp³-hybridized carbons (Fsp3) is 0.167.